The summed E-state index contributed by atoms with van der Waals surface area (Å²) in [6, 6.07) is 16.5. The van der Waals surface area contributed by atoms with Crippen molar-refractivity contribution < 1.29 is 33.5 Å². The molecule has 3 aromatic carbocycles. The maximum Gasteiger partial charge on any atom is 0.343 e. The molecule has 0 unspecified atom stereocenters. The Morgan fingerprint density at radius 2 is 1.60 bits per heavy atom. The lowest BCUT2D eigenvalue weighted by Crippen LogP contribution is -2.24. The van der Waals surface area contributed by atoms with Gasteiger partial charge in [0.1, 0.15) is 11.5 Å². The molecule has 11 heteroatoms. The number of non-ortho nitro benzene ring substituents is 1. The molecule has 3 aromatic rings. The maximum atomic E-state index is 12.4. The van der Waals surface area contributed by atoms with Gasteiger partial charge in [-0.05, 0) is 60.2 Å². The molecule has 0 fully saturated rings. The summed E-state index contributed by atoms with van der Waals surface area (Å²) in [5.41, 5.74) is 3.18. The number of nitrogens with zero attached hydrogens (tertiary/aromatic N) is 2. The van der Waals surface area contributed by atoms with Crippen molar-refractivity contribution in [1.82, 2.24) is 5.43 Å². The molecule has 0 radical (unpaired) electrons. The number of ether oxygens (including phenoxy) is 4. The number of hydrazone groups is 1. The summed E-state index contributed by atoms with van der Waals surface area (Å²) in [4.78, 5) is 34.3. The van der Waals surface area contributed by atoms with Gasteiger partial charge in [-0.2, -0.15) is 5.10 Å². The summed E-state index contributed by atoms with van der Waals surface area (Å²) in [6.45, 7) is -0.319. The number of methoxy groups -OCH3 is 2. The van der Waals surface area contributed by atoms with E-state index in [4.69, 9.17) is 18.9 Å². The third-order valence-electron chi connectivity index (χ3n) is 4.53. The molecule has 0 aromatic heterocycles. The van der Waals surface area contributed by atoms with Gasteiger partial charge in [0.25, 0.3) is 11.6 Å². The van der Waals surface area contributed by atoms with E-state index >= 15 is 0 Å². The number of nitrogens with one attached hydrogen (secondary N) is 1. The topological polar surface area (TPSA) is 139 Å². The number of benzene rings is 3. The standard InChI is InChI=1S/C24H21N3O8/c1-32-21-12-5-17(13-22(21)33-2)24(29)35-20-8-3-16(4-9-20)14-25-26-23(28)15-34-19-10-6-18(7-11-19)27(30)31/h3-14H,15H2,1-2H3,(H,26,28)/b25-14-. The Morgan fingerprint density at radius 1 is 0.943 bits per heavy atom. The highest BCUT2D eigenvalue weighted by atomic mass is 16.6. The number of nitro groups is 1. The summed E-state index contributed by atoms with van der Waals surface area (Å²) in [7, 11) is 2.98. The monoisotopic (exact) mass is 479 g/mol. The van der Waals surface area contributed by atoms with Gasteiger partial charge in [0.05, 0.1) is 30.9 Å². The Morgan fingerprint density at radius 3 is 2.23 bits per heavy atom. The van der Waals surface area contributed by atoms with Crippen molar-refractivity contribution in [2.45, 2.75) is 0 Å². The van der Waals surface area contributed by atoms with Gasteiger partial charge < -0.3 is 18.9 Å². The first-order valence-corrected chi connectivity index (χ1v) is 10.1. The van der Waals surface area contributed by atoms with Crippen LogP contribution < -0.4 is 24.4 Å². The first kappa shape index (κ1) is 24.7. The van der Waals surface area contributed by atoms with E-state index in [2.05, 4.69) is 10.5 Å². The predicted octanol–water partition coefficient (Wildman–Crippen LogP) is 3.36. The van der Waals surface area contributed by atoms with Crippen molar-refractivity contribution >= 4 is 23.8 Å². The van der Waals surface area contributed by atoms with Crippen molar-refractivity contribution in [3.8, 4) is 23.0 Å². The zero-order valence-corrected chi connectivity index (χ0v) is 18.8. The van der Waals surface area contributed by atoms with Gasteiger partial charge in [0, 0.05) is 12.1 Å². The Balaban J connectivity index is 1.48. The van der Waals surface area contributed by atoms with Gasteiger partial charge in [-0.3, -0.25) is 14.9 Å². The second kappa shape index (κ2) is 11.8. The molecule has 0 heterocycles. The van der Waals surface area contributed by atoms with Gasteiger partial charge in [-0.1, -0.05) is 0 Å². The molecule has 0 spiro atoms. The van der Waals surface area contributed by atoms with Crippen LogP contribution in [0, 0.1) is 10.1 Å². The highest BCUT2D eigenvalue weighted by molar-refractivity contribution is 5.92. The third-order valence-corrected chi connectivity index (χ3v) is 4.53. The molecule has 0 saturated heterocycles. The van der Waals surface area contributed by atoms with E-state index in [0.717, 1.165) is 0 Å². The fraction of sp³-hybridized carbons (Fsp3) is 0.125. The van der Waals surface area contributed by atoms with Crippen LogP contribution in [0.4, 0.5) is 5.69 Å². The lowest BCUT2D eigenvalue weighted by Gasteiger charge is -2.09. The zero-order chi connectivity index (χ0) is 25.2. The van der Waals surface area contributed by atoms with Gasteiger partial charge in [0.15, 0.2) is 18.1 Å². The summed E-state index contributed by atoms with van der Waals surface area (Å²) < 4.78 is 21.0. The van der Waals surface area contributed by atoms with Gasteiger partial charge >= 0.3 is 5.97 Å². The number of amides is 1. The van der Waals surface area contributed by atoms with E-state index in [-0.39, 0.29) is 12.3 Å². The smallest absolute Gasteiger partial charge is 0.343 e. The van der Waals surface area contributed by atoms with E-state index in [1.54, 1.807) is 36.4 Å². The molecule has 0 bridgehead atoms. The molecule has 0 aliphatic rings. The minimum Gasteiger partial charge on any atom is -0.493 e. The molecule has 1 amide bonds. The van der Waals surface area contributed by atoms with Gasteiger partial charge in [-0.25, -0.2) is 10.2 Å². The van der Waals surface area contributed by atoms with Crippen molar-refractivity contribution in [3.63, 3.8) is 0 Å². The van der Waals surface area contributed by atoms with E-state index in [1.807, 2.05) is 0 Å². The second-order valence-electron chi connectivity index (χ2n) is 6.86. The van der Waals surface area contributed by atoms with Crippen molar-refractivity contribution in [1.29, 1.82) is 0 Å². The molecule has 35 heavy (non-hydrogen) atoms. The highest BCUT2D eigenvalue weighted by Gasteiger charge is 2.13. The Hall–Kier alpha value is -4.93. The van der Waals surface area contributed by atoms with Gasteiger partial charge in [-0.15, -0.1) is 0 Å². The Bertz CT molecular complexity index is 1220. The van der Waals surface area contributed by atoms with Crippen molar-refractivity contribution in [3.05, 3.63) is 88.0 Å². The minimum atomic E-state index is -0.562. The maximum absolute atomic E-state index is 12.4. The fourth-order valence-corrected chi connectivity index (χ4v) is 2.78. The number of hydrogen-bond donors (Lipinski definition) is 1. The predicted molar refractivity (Wildman–Crippen MR) is 125 cm³/mol. The minimum absolute atomic E-state index is 0.0758. The molecule has 0 saturated carbocycles. The van der Waals surface area contributed by atoms with E-state index in [0.29, 0.717) is 34.1 Å². The Kier molecular flexibility index (Phi) is 8.33. The number of carbonyl (C=O) groups excluding carboxylic acids is 2. The summed E-state index contributed by atoms with van der Waals surface area (Å²) in [6.07, 6.45) is 1.41. The van der Waals surface area contributed by atoms with Crippen molar-refractivity contribution in [2.24, 2.45) is 5.10 Å². The Labute approximate surface area is 200 Å². The van der Waals surface area contributed by atoms with Crippen LogP contribution in [-0.4, -0.2) is 43.8 Å². The van der Waals surface area contributed by atoms with Gasteiger partial charge in [0.2, 0.25) is 0 Å². The zero-order valence-electron chi connectivity index (χ0n) is 18.8. The van der Waals surface area contributed by atoms with Crippen LogP contribution in [0.2, 0.25) is 0 Å². The lowest BCUT2D eigenvalue weighted by molar-refractivity contribution is -0.384. The SMILES string of the molecule is COc1ccc(C(=O)Oc2ccc(/C=N\NC(=O)COc3ccc([N+](=O)[O-])cc3)cc2)cc1OC. The largest absolute Gasteiger partial charge is 0.493 e. The molecule has 0 atom stereocenters. The summed E-state index contributed by atoms with van der Waals surface area (Å²) >= 11 is 0. The first-order chi connectivity index (χ1) is 16.9. The number of rotatable bonds is 10. The number of carbonyl (C=O) groups is 2. The van der Waals surface area contributed by atoms with Crippen LogP contribution in [0.15, 0.2) is 71.8 Å². The van der Waals surface area contributed by atoms with E-state index in [1.165, 1.54) is 50.8 Å². The lowest BCUT2D eigenvalue weighted by atomic mass is 10.2. The quantitative estimate of drug-likeness (QED) is 0.154. The molecular weight excluding hydrogens is 458 g/mol. The van der Waals surface area contributed by atoms with Crippen LogP contribution in [-0.2, 0) is 4.79 Å². The fourth-order valence-electron chi connectivity index (χ4n) is 2.78. The number of hydrogen-bond acceptors (Lipinski definition) is 9. The molecular formula is C24H21N3O8. The first-order valence-electron chi connectivity index (χ1n) is 10.1. The molecule has 1 N–H and O–H groups in total. The van der Waals surface area contributed by atoms with E-state index in [9.17, 15) is 19.7 Å². The molecule has 180 valence electrons. The molecule has 0 aliphatic heterocycles. The van der Waals surface area contributed by atoms with E-state index < -0.39 is 16.8 Å². The number of nitro benzene ring substituents is 1. The highest BCUT2D eigenvalue weighted by Crippen LogP contribution is 2.28. The number of esters is 1. The van der Waals surface area contributed by atoms with Crippen molar-refractivity contribution in [2.75, 3.05) is 20.8 Å². The molecule has 3 rings (SSSR count). The molecule has 0 aliphatic carbocycles. The summed E-state index contributed by atoms with van der Waals surface area (Å²) in [5, 5.41) is 14.5. The van der Waals surface area contributed by atoms with Crippen LogP contribution in [0.3, 0.4) is 0 Å². The average molecular weight is 479 g/mol. The second-order valence-corrected chi connectivity index (χ2v) is 6.86. The normalized spacial score (nSPS) is 10.5. The van der Waals surface area contributed by atoms with Crippen LogP contribution in [0.25, 0.3) is 0 Å². The van der Waals surface area contributed by atoms with Crippen LogP contribution >= 0.6 is 0 Å². The van der Waals surface area contributed by atoms with Crippen LogP contribution in [0.1, 0.15) is 15.9 Å². The average Bonchev–Trinajstić information content (AvgIpc) is 2.88. The summed E-state index contributed by atoms with van der Waals surface area (Å²) in [5.74, 6) is 0.467. The third kappa shape index (κ3) is 7.02. The molecule has 11 nitrogen and oxygen atoms in total. The van der Waals surface area contributed by atoms with Crippen LogP contribution in [0.5, 0.6) is 23.0 Å².